The molecule has 5 heteroatoms. The minimum absolute atomic E-state index is 0.187. The van der Waals surface area contributed by atoms with Gasteiger partial charge in [-0.05, 0) is 19.1 Å². The van der Waals surface area contributed by atoms with Crippen LogP contribution in [-0.4, -0.2) is 26.8 Å². The largest absolute Gasteiger partial charge is 0.497 e. The molecule has 0 aliphatic rings. The second-order valence-corrected chi connectivity index (χ2v) is 3.85. The van der Waals surface area contributed by atoms with Crippen molar-refractivity contribution in [3.63, 3.8) is 0 Å². The molecule has 3 N–H and O–H groups in total. The Hall–Kier alpha value is -1.75. The van der Waals surface area contributed by atoms with E-state index in [0.717, 1.165) is 5.56 Å². The molecule has 100 valence electrons. The first-order valence-corrected chi connectivity index (χ1v) is 5.82. The van der Waals surface area contributed by atoms with Gasteiger partial charge in [0, 0.05) is 11.6 Å². The zero-order valence-electron chi connectivity index (χ0n) is 11.1. The highest BCUT2D eigenvalue weighted by molar-refractivity contribution is 5.70. The highest BCUT2D eigenvalue weighted by atomic mass is 16.5. The molecule has 0 saturated heterocycles. The number of benzene rings is 1. The number of methoxy groups -OCH3 is 2. The number of esters is 1. The van der Waals surface area contributed by atoms with Crippen LogP contribution in [0.1, 0.15) is 24.9 Å². The molecule has 0 unspecified atom stereocenters. The van der Waals surface area contributed by atoms with Crippen molar-refractivity contribution in [1.29, 1.82) is 0 Å². The summed E-state index contributed by atoms with van der Waals surface area (Å²) in [5, 5.41) is 0. The zero-order valence-corrected chi connectivity index (χ0v) is 11.1. The van der Waals surface area contributed by atoms with E-state index in [1.807, 2.05) is 12.1 Å². The first kappa shape index (κ1) is 14.3. The quantitative estimate of drug-likeness (QED) is 0.767. The van der Waals surface area contributed by atoms with E-state index in [2.05, 4.69) is 5.73 Å². The molecule has 1 aromatic carbocycles. The van der Waals surface area contributed by atoms with E-state index in [-0.39, 0.29) is 18.4 Å². The van der Waals surface area contributed by atoms with Crippen LogP contribution in [0.2, 0.25) is 0 Å². The van der Waals surface area contributed by atoms with Gasteiger partial charge in [-0.1, -0.05) is 0 Å². The van der Waals surface area contributed by atoms with E-state index in [0.29, 0.717) is 18.1 Å². The third kappa shape index (κ3) is 3.92. The van der Waals surface area contributed by atoms with Gasteiger partial charge >= 0.3 is 5.97 Å². The van der Waals surface area contributed by atoms with Crippen LogP contribution < -0.4 is 15.2 Å². The normalized spacial score (nSPS) is 11.8. The summed E-state index contributed by atoms with van der Waals surface area (Å²) in [5.74, 6) is 1.11. The average molecular weight is 254 g/mol. The first-order chi connectivity index (χ1) is 8.60. The van der Waals surface area contributed by atoms with Crippen LogP contribution in [0.15, 0.2) is 18.2 Å². The van der Waals surface area contributed by atoms with Gasteiger partial charge in [0.25, 0.3) is 0 Å². The number of rotatable bonds is 6. The third-order valence-electron chi connectivity index (χ3n) is 2.56. The monoisotopic (exact) mass is 254 g/mol. The molecule has 0 bridgehead atoms. The molecule has 0 spiro atoms. The molecule has 0 amide bonds. The van der Waals surface area contributed by atoms with Crippen molar-refractivity contribution in [2.45, 2.75) is 19.4 Å². The zero-order chi connectivity index (χ0) is 13.5. The maximum atomic E-state index is 11.4. The van der Waals surface area contributed by atoms with Gasteiger partial charge in [0.1, 0.15) is 24.0 Å². The Morgan fingerprint density at radius 1 is 1.22 bits per heavy atom. The lowest BCUT2D eigenvalue weighted by atomic mass is 10.0. The van der Waals surface area contributed by atoms with Gasteiger partial charge in [-0.2, -0.15) is 0 Å². The Kier molecular flexibility index (Phi) is 5.45. The van der Waals surface area contributed by atoms with Gasteiger partial charge in [-0.15, -0.1) is 0 Å². The molecule has 18 heavy (non-hydrogen) atoms. The lowest BCUT2D eigenvalue weighted by Gasteiger charge is -2.12. The van der Waals surface area contributed by atoms with Crippen molar-refractivity contribution < 1.29 is 24.7 Å². The summed E-state index contributed by atoms with van der Waals surface area (Å²) in [5.41, 5.74) is 4.86. The summed E-state index contributed by atoms with van der Waals surface area (Å²) in [4.78, 5) is 11.4. The molecule has 0 fully saturated rings. The van der Waals surface area contributed by atoms with Crippen LogP contribution in [0.5, 0.6) is 11.5 Å². The first-order valence-electron chi connectivity index (χ1n) is 5.82. The predicted octanol–water partition coefficient (Wildman–Crippen LogP) is 0.940. The number of hydrogen-bond donors (Lipinski definition) is 1. The van der Waals surface area contributed by atoms with E-state index >= 15 is 0 Å². The molecule has 0 aliphatic heterocycles. The summed E-state index contributed by atoms with van der Waals surface area (Å²) in [6, 6.07) is 5.28. The molecule has 1 rings (SSSR count). The van der Waals surface area contributed by atoms with Crippen molar-refractivity contribution >= 4 is 5.97 Å². The standard InChI is InChI=1S/C13H19NO4/c1-4-18-13(15)8-12(14)9-5-10(16-2)7-11(6-9)17-3/h5-7,12H,4,8,14H2,1-3H3/p+1/t12-/m0/s1. The van der Waals surface area contributed by atoms with Crippen molar-refractivity contribution in [3.8, 4) is 11.5 Å². The fourth-order valence-electron chi connectivity index (χ4n) is 1.60. The van der Waals surface area contributed by atoms with Crippen LogP contribution in [0.25, 0.3) is 0 Å². The molecule has 0 saturated carbocycles. The van der Waals surface area contributed by atoms with E-state index in [1.54, 1.807) is 27.2 Å². The van der Waals surface area contributed by atoms with Crippen molar-refractivity contribution in [2.75, 3.05) is 20.8 Å². The van der Waals surface area contributed by atoms with Crippen LogP contribution >= 0.6 is 0 Å². The van der Waals surface area contributed by atoms with Crippen LogP contribution in [0.3, 0.4) is 0 Å². The van der Waals surface area contributed by atoms with Crippen molar-refractivity contribution in [1.82, 2.24) is 0 Å². The SMILES string of the molecule is CCOC(=O)C[C@H]([NH3+])c1cc(OC)cc(OC)c1. The Morgan fingerprint density at radius 3 is 2.22 bits per heavy atom. The molecular weight excluding hydrogens is 234 g/mol. The molecule has 0 heterocycles. The summed E-state index contributed by atoms with van der Waals surface area (Å²) in [6.45, 7) is 2.16. The van der Waals surface area contributed by atoms with E-state index < -0.39 is 0 Å². The van der Waals surface area contributed by atoms with E-state index in [9.17, 15) is 4.79 Å². The number of quaternary nitrogens is 1. The second-order valence-electron chi connectivity index (χ2n) is 3.85. The Bertz CT molecular complexity index is 384. The van der Waals surface area contributed by atoms with Crippen molar-refractivity contribution in [2.24, 2.45) is 0 Å². The summed E-state index contributed by atoms with van der Waals surface area (Å²) >= 11 is 0. The fourth-order valence-corrected chi connectivity index (χ4v) is 1.60. The van der Waals surface area contributed by atoms with Crippen LogP contribution in [0, 0.1) is 0 Å². The highest BCUT2D eigenvalue weighted by Crippen LogP contribution is 2.26. The number of carbonyl (C=O) groups excluding carboxylic acids is 1. The maximum Gasteiger partial charge on any atom is 0.312 e. The Labute approximate surface area is 107 Å². The summed E-state index contributed by atoms with van der Waals surface area (Å²) in [7, 11) is 3.17. The molecular formula is C13H20NO4+. The minimum Gasteiger partial charge on any atom is -0.497 e. The number of hydrogen-bond acceptors (Lipinski definition) is 4. The maximum absolute atomic E-state index is 11.4. The molecule has 0 aliphatic carbocycles. The Balaban J connectivity index is 2.83. The molecule has 1 atom stereocenters. The topological polar surface area (TPSA) is 72.4 Å². The van der Waals surface area contributed by atoms with Gasteiger partial charge in [-0.25, -0.2) is 0 Å². The van der Waals surface area contributed by atoms with Crippen LogP contribution in [0.4, 0.5) is 0 Å². The molecule has 1 aromatic rings. The lowest BCUT2D eigenvalue weighted by molar-refractivity contribution is -0.425. The fraction of sp³-hybridized carbons (Fsp3) is 0.462. The van der Waals surface area contributed by atoms with E-state index in [1.165, 1.54) is 0 Å². The molecule has 0 aromatic heterocycles. The summed E-state index contributed by atoms with van der Waals surface area (Å²) < 4.78 is 15.3. The van der Waals surface area contributed by atoms with E-state index in [4.69, 9.17) is 14.2 Å². The van der Waals surface area contributed by atoms with Gasteiger partial charge in [0.05, 0.1) is 20.8 Å². The van der Waals surface area contributed by atoms with Crippen molar-refractivity contribution in [3.05, 3.63) is 23.8 Å². The lowest BCUT2D eigenvalue weighted by Crippen LogP contribution is -2.54. The van der Waals surface area contributed by atoms with Gasteiger partial charge in [0.15, 0.2) is 0 Å². The number of ether oxygens (including phenoxy) is 3. The second kappa shape index (κ2) is 6.86. The predicted molar refractivity (Wildman–Crippen MR) is 66.4 cm³/mol. The molecule has 5 nitrogen and oxygen atoms in total. The smallest absolute Gasteiger partial charge is 0.312 e. The third-order valence-corrected chi connectivity index (χ3v) is 2.56. The van der Waals surface area contributed by atoms with Gasteiger partial charge in [-0.3, -0.25) is 4.79 Å². The van der Waals surface area contributed by atoms with Gasteiger partial charge in [0.2, 0.25) is 0 Å². The van der Waals surface area contributed by atoms with Crippen LogP contribution in [-0.2, 0) is 9.53 Å². The number of carbonyl (C=O) groups is 1. The van der Waals surface area contributed by atoms with Gasteiger partial charge < -0.3 is 19.9 Å². The summed E-state index contributed by atoms with van der Waals surface area (Å²) in [6.07, 6.45) is 0.240. The Morgan fingerprint density at radius 2 is 1.78 bits per heavy atom. The molecule has 0 radical (unpaired) electrons. The average Bonchev–Trinajstić information content (AvgIpc) is 2.38. The highest BCUT2D eigenvalue weighted by Gasteiger charge is 2.17. The minimum atomic E-state index is -0.251.